The number of aryl methyl sites for hydroxylation is 1. The highest BCUT2D eigenvalue weighted by molar-refractivity contribution is 7.84. The second kappa shape index (κ2) is 7.57. The molecular weight excluding hydrogens is 222 g/mol. The largest absolute Gasteiger partial charge is 0.333 e. The van der Waals surface area contributed by atoms with Gasteiger partial charge < -0.3 is 9.88 Å². The number of hydrogen-bond acceptors (Lipinski definition) is 3. The van der Waals surface area contributed by atoms with Crippen molar-refractivity contribution in [3.05, 3.63) is 18.2 Å². The lowest BCUT2D eigenvalue weighted by Gasteiger charge is -2.08. The summed E-state index contributed by atoms with van der Waals surface area (Å²) in [6.45, 7) is 4.96. The average Bonchev–Trinajstić information content (AvgIpc) is 2.66. The van der Waals surface area contributed by atoms with Crippen molar-refractivity contribution >= 4 is 10.8 Å². The van der Waals surface area contributed by atoms with E-state index in [9.17, 15) is 4.21 Å². The van der Waals surface area contributed by atoms with Gasteiger partial charge in [-0.25, -0.2) is 4.98 Å². The lowest BCUT2D eigenvalue weighted by Crippen LogP contribution is -2.17. The monoisotopic (exact) mass is 243 g/mol. The van der Waals surface area contributed by atoms with E-state index >= 15 is 0 Å². The SMILES string of the molecule is CCCNCc1cncn1CCCS(C)=O. The van der Waals surface area contributed by atoms with Gasteiger partial charge in [-0.3, -0.25) is 4.21 Å². The Bertz CT molecular complexity index is 325. The first-order valence-electron chi connectivity index (χ1n) is 5.73. The minimum atomic E-state index is -0.690. The molecule has 0 aliphatic carbocycles. The molecule has 0 saturated carbocycles. The molecule has 0 spiro atoms. The molecule has 0 aliphatic heterocycles. The van der Waals surface area contributed by atoms with Crippen molar-refractivity contribution in [2.24, 2.45) is 0 Å². The maximum absolute atomic E-state index is 10.9. The predicted molar refractivity (Wildman–Crippen MR) is 67.8 cm³/mol. The predicted octanol–water partition coefficient (Wildman–Crippen LogP) is 1.15. The fourth-order valence-corrected chi connectivity index (χ4v) is 2.06. The van der Waals surface area contributed by atoms with Crippen LogP contribution in [0.1, 0.15) is 25.5 Å². The van der Waals surface area contributed by atoms with E-state index in [4.69, 9.17) is 0 Å². The van der Waals surface area contributed by atoms with Crippen molar-refractivity contribution in [3.63, 3.8) is 0 Å². The number of nitrogens with one attached hydrogen (secondary N) is 1. The molecule has 1 heterocycles. The van der Waals surface area contributed by atoms with Gasteiger partial charge in [-0.2, -0.15) is 0 Å². The normalized spacial score (nSPS) is 12.9. The quantitative estimate of drug-likeness (QED) is 0.697. The summed E-state index contributed by atoms with van der Waals surface area (Å²) in [5, 5.41) is 3.36. The first-order valence-corrected chi connectivity index (χ1v) is 7.46. The summed E-state index contributed by atoms with van der Waals surface area (Å²) in [4.78, 5) is 4.15. The standard InChI is InChI=1S/C11H21N3OS/c1-3-5-12-8-11-9-13-10-14(11)6-4-7-16(2)15/h9-10,12H,3-8H2,1-2H3. The Balaban J connectivity index is 2.34. The molecule has 1 rings (SSSR count). The maximum Gasteiger partial charge on any atom is 0.0948 e. The highest BCUT2D eigenvalue weighted by Gasteiger charge is 2.01. The molecular formula is C11H21N3OS. The number of rotatable bonds is 8. The van der Waals surface area contributed by atoms with Crippen LogP contribution in [-0.2, 0) is 23.9 Å². The average molecular weight is 243 g/mol. The van der Waals surface area contributed by atoms with Gasteiger partial charge in [-0.05, 0) is 19.4 Å². The Morgan fingerprint density at radius 2 is 2.38 bits per heavy atom. The summed E-state index contributed by atoms with van der Waals surface area (Å²) in [6.07, 6.45) is 7.58. The third kappa shape index (κ3) is 4.90. The Hall–Kier alpha value is -0.680. The van der Waals surface area contributed by atoms with Gasteiger partial charge in [0.1, 0.15) is 0 Å². The number of aromatic nitrogens is 2. The Kier molecular flexibility index (Phi) is 6.33. The van der Waals surface area contributed by atoms with Gasteiger partial charge in [0.2, 0.25) is 0 Å². The van der Waals surface area contributed by atoms with Crippen molar-refractivity contribution in [2.75, 3.05) is 18.6 Å². The van der Waals surface area contributed by atoms with Gasteiger partial charge in [-0.1, -0.05) is 6.92 Å². The molecule has 0 saturated heterocycles. The van der Waals surface area contributed by atoms with Gasteiger partial charge in [-0.15, -0.1) is 0 Å². The Morgan fingerprint density at radius 3 is 3.06 bits per heavy atom. The summed E-state index contributed by atoms with van der Waals surface area (Å²) < 4.78 is 13.1. The van der Waals surface area contributed by atoms with Crippen LogP contribution in [0.5, 0.6) is 0 Å². The van der Waals surface area contributed by atoms with Gasteiger partial charge in [0.15, 0.2) is 0 Å². The van der Waals surface area contributed by atoms with Crippen molar-refractivity contribution < 1.29 is 4.21 Å². The smallest absolute Gasteiger partial charge is 0.0948 e. The van der Waals surface area contributed by atoms with Crippen molar-refractivity contribution in [3.8, 4) is 0 Å². The molecule has 92 valence electrons. The van der Waals surface area contributed by atoms with Crippen LogP contribution in [0.15, 0.2) is 12.5 Å². The molecule has 1 atom stereocenters. The number of imidazole rings is 1. The lowest BCUT2D eigenvalue weighted by atomic mass is 10.4. The van der Waals surface area contributed by atoms with Crippen LogP contribution in [0, 0.1) is 0 Å². The van der Waals surface area contributed by atoms with Gasteiger partial charge >= 0.3 is 0 Å². The van der Waals surface area contributed by atoms with Gasteiger partial charge in [0.25, 0.3) is 0 Å². The summed E-state index contributed by atoms with van der Waals surface area (Å²) in [5.41, 5.74) is 1.20. The maximum atomic E-state index is 10.9. The van der Waals surface area contributed by atoms with Crippen molar-refractivity contribution in [1.82, 2.24) is 14.9 Å². The number of nitrogens with zero attached hydrogens (tertiary/aromatic N) is 2. The Labute approximate surface area is 99.9 Å². The summed E-state index contributed by atoms with van der Waals surface area (Å²) >= 11 is 0. The first-order chi connectivity index (χ1) is 7.74. The minimum absolute atomic E-state index is 0.690. The summed E-state index contributed by atoms with van der Waals surface area (Å²) in [5.74, 6) is 0.764. The zero-order chi connectivity index (χ0) is 11.8. The molecule has 0 amide bonds. The lowest BCUT2D eigenvalue weighted by molar-refractivity contribution is 0.597. The van der Waals surface area contributed by atoms with Crippen molar-refractivity contribution in [2.45, 2.75) is 32.9 Å². The molecule has 5 heteroatoms. The van der Waals surface area contributed by atoms with E-state index in [0.29, 0.717) is 0 Å². The molecule has 1 aromatic rings. The second-order valence-electron chi connectivity index (χ2n) is 3.89. The molecule has 0 fully saturated rings. The third-order valence-corrected chi connectivity index (χ3v) is 3.23. The molecule has 4 nitrogen and oxygen atoms in total. The molecule has 0 bridgehead atoms. The minimum Gasteiger partial charge on any atom is -0.333 e. The third-order valence-electron chi connectivity index (χ3n) is 2.36. The van der Waals surface area contributed by atoms with E-state index in [2.05, 4.69) is 21.8 Å². The van der Waals surface area contributed by atoms with Crippen LogP contribution in [0.3, 0.4) is 0 Å². The van der Waals surface area contributed by atoms with Crippen molar-refractivity contribution in [1.29, 1.82) is 0 Å². The van der Waals surface area contributed by atoms with Gasteiger partial charge in [0, 0.05) is 42.1 Å². The van der Waals surface area contributed by atoms with E-state index < -0.39 is 10.8 Å². The molecule has 1 aromatic heterocycles. The van der Waals surface area contributed by atoms with Crippen LogP contribution in [0.25, 0.3) is 0 Å². The highest BCUT2D eigenvalue weighted by atomic mass is 32.2. The van der Waals surface area contributed by atoms with Gasteiger partial charge in [0.05, 0.1) is 12.0 Å². The van der Waals surface area contributed by atoms with Crippen LogP contribution in [-0.4, -0.2) is 32.3 Å². The number of hydrogen-bond donors (Lipinski definition) is 1. The molecule has 0 aromatic carbocycles. The topological polar surface area (TPSA) is 46.9 Å². The molecule has 0 radical (unpaired) electrons. The van der Waals surface area contributed by atoms with Crippen LogP contribution in [0.2, 0.25) is 0 Å². The molecule has 0 aliphatic rings. The summed E-state index contributed by atoms with van der Waals surface area (Å²) in [7, 11) is -0.690. The zero-order valence-corrected chi connectivity index (χ0v) is 10.9. The van der Waals surface area contributed by atoms with Crippen LogP contribution in [0.4, 0.5) is 0 Å². The second-order valence-corrected chi connectivity index (χ2v) is 5.44. The zero-order valence-electron chi connectivity index (χ0n) is 10.1. The van der Waals surface area contributed by atoms with E-state index in [1.165, 1.54) is 5.69 Å². The van der Waals surface area contributed by atoms with E-state index in [1.54, 1.807) is 6.26 Å². The fourth-order valence-electron chi connectivity index (χ4n) is 1.53. The molecule has 16 heavy (non-hydrogen) atoms. The molecule has 1 unspecified atom stereocenters. The van der Waals surface area contributed by atoms with Crippen LogP contribution >= 0.6 is 0 Å². The highest BCUT2D eigenvalue weighted by Crippen LogP contribution is 2.01. The first kappa shape index (κ1) is 13.4. The van der Waals surface area contributed by atoms with Crippen LogP contribution < -0.4 is 5.32 Å². The fraction of sp³-hybridized carbons (Fsp3) is 0.727. The van der Waals surface area contributed by atoms with E-state index in [1.807, 2.05) is 12.5 Å². The van der Waals surface area contributed by atoms with E-state index in [-0.39, 0.29) is 0 Å². The molecule has 1 N–H and O–H groups in total. The Morgan fingerprint density at radius 1 is 1.56 bits per heavy atom. The van der Waals surface area contributed by atoms with E-state index in [0.717, 1.165) is 38.2 Å². The summed E-state index contributed by atoms with van der Waals surface area (Å²) in [6, 6.07) is 0.